The number of aromatic nitrogens is 2. The standard InChI is InChI=1S/C61H32F15N3/c1-32-10-17-42(50(22-32)60(71,72)73)34-14-21-55-48(27-34)45-7-3-5-9-53(45)79(55)56-19-12-33(37-23-39(58(65,66)67)28-40(24-37)59(68,69)70)25-49(56)46-30-41(16-11-36(46)31-77)78-52-8-4-2-6-44(52)47-26-35(13-20-54(47)78)43-18-15-38(57(62,63)64)29-51(43)61(74,75)76/h2-30H,1H3. The van der Waals surface area contributed by atoms with Gasteiger partial charge >= 0.3 is 30.9 Å². The van der Waals surface area contributed by atoms with E-state index in [4.69, 9.17) is 0 Å². The molecular formula is C61H32F15N3. The SMILES string of the molecule is Cc1ccc(-c2ccc3c(c2)c2ccccc2n3-c2ccc(-c3cc(C(F)(F)F)cc(C(F)(F)F)c3)cc2-c2cc(-n3c4ccccc4c4cc(-c5ccc(C(F)(F)F)cc5C(F)(F)F)ccc43)ccc2C#N)c(C(F)(F)F)c1. The van der Waals surface area contributed by atoms with Crippen molar-refractivity contribution in [1.82, 2.24) is 9.13 Å². The molecule has 2 aromatic heterocycles. The number of fused-ring (bicyclic) bond motifs is 6. The summed E-state index contributed by atoms with van der Waals surface area (Å²) in [4.78, 5) is 0. The fourth-order valence-electron chi connectivity index (χ4n) is 10.4. The topological polar surface area (TPSA) is 33.6 Å². The molecule has 0 saturated heterocycles. The molecule has 0 unspecified atom stereocenters. The van der Waals surface area contributed by atoms with Gasteiger partial charge in [-0.1, -0.05) is 78.4 Å². The highest BCUT2D eigenvalue weighted by atomic mass is 19.4. The Bertz CT molecular complexity index is 4300. The third-order valence-electron chi connectivity index (χ3n) is 13.9. The fourth-order valence-corrected chi connectivity index (χ4v) is 10.4. The molecule has 0 N–H and O–H groups in total. The number of nitrogens with zero attached hydrogens (tertiary/aromatic N) is 3. The minimum atomic E-state index is -5.22. The van der Waals surface area contributed by atoms with E-state index in [1.807, 2.05) is 0 Å². The van der Waals surface area contributed by atoms with Crippen molar-refractivity contribution in [3.8, 4) is 62.0 Å². The van der Waals surface area contributed by atoms with Crippen molar-refractivity contribution < 1.29 is 65.9 Å². The zero-order valence-electron chi connectivity index (χ0n) is 40.3. The van der Waals surface area contributed by atoms with Crippen LogP contribution >= 0.6 is 0 Å². The molecule has 0 radical (unpaired) electrons. The normalized spacial score (nSPS) is 12.8. The van der Waals surface area contributed by atoms with E-state index in [0.717, 1.165) is 12.1 Å². The summed E-state index contributed by atoms with van der Waals surface area (Å²) in [7, 11) is 0. The van der Waals surface area contributed by atoms with Gasteiger partial charge < -0.3 is 9.13 Å². The van der Waals surface area contributed by atoms with Gasteiger partial charge in [0.15, 0.2) is 0 Å². The summed E-state index contributed by atoms with van der Waals surface area (Å²) >= 11 is 0. The lowest BCUT2D eigenvalue weighted by atomic mass is 9.92. The van der Waals surface area contributed by atoms with Gasteiger partial charge in [0.05, 0.1) is 67.2 Å². The summed E-state index contributed by atoms with van der Waals surface area (Å²) in [5.41, 5.74) is -5.43. The zero-order chi connectivity index (χ0) is 56.3. The molecule has 0 atom stereocenters. The summed E-state index contributed by atoms with van der Waals surface area (Å²) in [6.07, 6.45) is -25.4. The molecule has 11 aromatic rings. The molecule has 18 heteroatoms. The predicted octanol–water partition coefficient (Wildman–Crippen LogP) is 19.8. The van der Waals surface area contributed by atoms with Gasteiger partial charge in [-0.3, -0.25) is 0 Å². The van der Waals surface area contributed by atoms with Crippen molar-refractivity contribution >= 4 is 43.6 Å². The van der Waals surface area contributed by atoms with Gasteiger partial charge in [0.2, 0.25) is 0 Å². The molecule has 0 aliphatic heterocycles. The molecule has 3 nitrogen and oxygen atoms in total. The van der Waals surface area contributed by atoms with Crippen LogP contribution in [0.15, 0.2) is 176 Å². The zero-order valence-corrected chi connectivity index (χ0v) is 40.3. The van der Waals surface area contributed by atoms with Crippen LogP contribution in [-0.2, 0) is 30.9 Å². The summed E-state index contributed by atoms with van der Waals surface area (Å²) in [5, 5.41) is 12.7. The van der Waals surface area contributed by atoms with Crippen molar-refractivity contribution in [3.05, 3.63) is 215 Å². The van der Waals surface area contributed by atoms with Crippen LogP contribution in [-0.4, -0.2) is 9.13 Å². The van der Waals surface area contributed by atoms with Crippen LogP contribution in [0.25, 0.3) is 99.5 Å². The van der Waals surface area contributed by atoms with Gasteiger partial charge in [-0.25, -0.2) is 0 Å². The number of aryl methyl sites for hydroxylation is 1. The number of hydrogen-bond acceptors (Lipinski definition) is 1. The summed E-state index contributed by atoms with van der Waals surface area (Å²) < 4.78 is 218. The molecule has 0 saturated carbocycles. The first-order valence-corrected chi connectivity index (χ1v) is 23.7. The second-order valence-electron chi connectivity index (χ2n) is 18.8. The van der Waals surface area contributed by atoms with Crippen LogP contribution in [0.1, 0.15) is 38.9 Å². The van der Waals surface area contributed by atoms with Crippen molar-refractivity contribution in [2.24, 2.45) is 0 Å². The number of alkyl halides is 15. The van der Waals surface area contributed by atoms with Gasteiger partial charge in [-0.05, 0) is 143 Å². The van der Waals surface area contributed by atoms with Gasteiger partial charge in [0, 0.05) is 38.4 Å². The average Bonchev–Trinajstić information content (AvgIpc) is 4.03. The fraction of sp³-hybridized carbons (Fsp3) is 0.0984. The average molecular weight is 1090 g/mol. The first-order valence-electron chi connectivity index (χ1n) is 23.7. The van der Waals surface area contributed by atoms with E-state index in [0.29, 0.717) is 73.1 Å². The van der Waals surface area contributed by atoms with Crippen molar-refractivity contribution in [3.63, 3.8) is 0 Å². The minimum absolute atomic E-state index is 0.00981. The van der Waals surface area contributed by atoms with Crippen LogP contribution in [0.4, 0.5) is 65.9 Å². The third kappa shape index (κ3) is 9.26. The van der Waals surface area contributed by atoms with Crippen LogP contribution in [0.3, 0.4) is 0 Å². The molecule has 0 fully saturated rings. The highest BCUT2D eigenvalue weighted by Gasteiger charge is 2.40. The lowest BCUT2D eigenvalue weighted by Gasteiger charge is -2.19. The molecule has 0 aliphatic carbocycles. The predicted molar refractivity (Wildman–Crippen MR) is 271 cm³/mol. The Balaban J connectivity index is 1.17. The molecule has 11 rings (SSSR count). The second kappa shape index (κ2) is 18.3. The van der Waals surface area contributed by atoms with Gasteiger partial charge in [0.25, 0.3) is 0 Å². The van der Waals surface area contributed by atoms with Crippen LogP contribution in [0, 0.1) is 18.3 Å². The quantitative estimate of drug-likeness (QED) is 0.153. The molecule has 2 heterocycles. The van der Waals surface area contributed by atoms with E-state index in [1.54, 1.807) is 88.0 Å². The molecule has 0 spiro atoms. The Morgan fingerprint density at radius 3 is 1.38 bits per heavy atom. The number of rotatable bonds is 6. The maximum Gasteiger partial charge on any atom is 0.417 e. The lowest BCUT2D eigenvalue weighted by molar-refractivity contribution is -0.144. The van der Waals surface area contributed by atoms with Crippen molar-refractivity contribution in [2.75, 3.05) is 0 Å². The van der Waals surface area contributed by atoms with E-state index in [9.17, 15) is 71.1 Å². The Morgan fingerprint density at radius 2 is 0.835 bits per heavy atom. The van der Waals surface area contributed by atoms with Gasteiger partial charge in [0.1, 0.15) is 0 Å². The molecule has 0 aliphatic rings. The number of halogens is 15. The van der Waals surface area contributed by atoms with Crippen LogP contribution in [0.2, 0.25) is 0 Å². The number of benzene rings is 9. The molecule has 396 valence electrons. The van der Waals surface area contributed by atoms with Crippen molar-refractivity contribution in [2.45, 2.75) is 37.8 Å². The molecule has 0 amide bonds. The number of para-hydroxylation sites is 2. The van der Waals surface area contributed by atoms with Gasteiger partial charge in [-0.15, -0.1) is 0 Å². The Kier molecular flexibility index (Phi) is 12.1. The van der Waals surface area contributed by atoms with Gasteiger partial charge in [-0.2, -0.15) is 71.1 Å². The number of hydrogen-bond donors (Lipinski definition) is 0. The van der Waals surface area contributed by atoms with Crippen LogP contribution < -0.4 is 0 Å². The van der Waals surface area contributed by atoms with E-state index >= 15 is 0 Å². The lowest BCUT2D eigenvalue weighted by Crippen LogP contribution is -2.12. The third-order valence-corrected chi connectivity index (χ3v) is 13.9. The first kappa shape index (κ1) is 52.1. The highest BCUT2D eigenvalue weighted by molar-refractivity contribution is 6.12. The molecular weight excluding hydrogens is 1060 g/mol. The van der Waals surface area contributed by atoms with E-state index in [2.05, 4.69) is 6.07 Å². The summed E-state index contributed by atoms with van der Waals surface area (Å²) in [6.45, 7) is 1.53. The first-order chi connectivity index (χ1) is 37.2. The Labute approximate surface area is 437 Å². The Morgan fingerprint density at radius 1 is 0.342 bits per heavy atom. The van der Waals surface area contributed by atoms with E-state index < -0.39 is 69.8 Å². The molecule has 79 heavy (non-hydrogen) atoms. The maximum atomic E-state index is 14.5. The minimum Gasteiger partial charge on any atom is -0.309 e. The number of nitriles is 1. The highest BCUT2D eigenvalue weighted by Crippen LogP contribution is 2.47. The largest absolute Gasteiger partial charge is 0.417 e. The second-order valence-corrected chi connectivity index (χ2v) is 18.8. The Hall–Kier alpha value is -8.98. The molecule has 9 aromatic carbocycles. The summed E-state index contributed by atoms with van der Waals surface area (Å²) in [5.74, 6) is 0. The van der Waals surface area contributed by atoms with Crippen molar-refractivity contribution in [1.29, 1.82) is 5.26 Å². The van der Waals surface area contributed by atoms with Crippen LogP contribution in [0.5, 0.6) is 0 Å². The van der Waals surface area contributed by atoms with E-state index in [-0.39, 0.29) is 56.8 Å². The maximum absolute atomic E-state index is 14.5. The smallest absolute Gasteiger partial charge is 0.309 e. The monoisotopic (exact) mass is 1090 g/mol. The molecule has 0 bridgehead atoms. The summed E-state index contributed by atoms with van der Waals surface area (Å²) in [6, 6.07) is 39.5. The van der Waals surface area contributed by atoms with E-state index in [1.165, 1.54) is 61.5 Å².